The quantitative estimate of drug-likeness (QED) is 0.284. The van der Waals surface area contributed by atoms with E-state index in [9.17, 15) is 23.6 Å². The molecule has 0 saturated carbocycles. The van der Waals surface area contributed by atoms with Crippen LogP contribution in [0.1, 0.15) is 27.5 Å². The lowest BCUT2D eigenvalue weighted by atomic mass is 10.0. The molecule has 4 aromatic rings. The van der Waals surface area contributed by atoms with Gasteiger partial charge in [0.2, 0.25) is 12.7 Å². The molecule has 3 amide bonds. The van der Waals surface area contributed by atoms with Crippen molar-refractivity contribution in [3.63, 3.8) is 0 Å². The van der Waals surface area contributed by atoms with Crippen LogP contribution in [0.15, 0.2) is 91.0 Å². The number of hydrogen-bond donors (Lipinski definition) is 1. The molecule has 2 aliphatic heterocycles. The largest absolute Gasteiger partial charge is 0.497 e. The number of fused-ring (bicyclic) bond motifs is 2. The van der Waals surface area contributed by atoms with Crippen LogP contribution in [0.25, 0.3) is 0 Å². The fraction of sp³-hybridized carbons (Fsp3) is 0.152. The first-order valence-corrected chi connectivity index (χ1v) is 13.7. The van der Waals surface area contributed by atoms with Gasteiger partial charge >= 0.3 is 0 Å². The molecule has 10 nitrogen and oxygen atoms in total. The van der Waals surface area contributed by atoms with Crippen LogP contribution in [0, 0.1) is 5.82 Å². The van der Waals surface area contributed by atoms with Crippen molar-refractivity contribution in [1.82, 2.24) is 4.90 Å². The Bertz CT molecular complexity index is 1760. The molecular formula is C33H26FN3O7. The van der Waals surface area contributed by atoms with Crippen LogP contribution in [0.4, 0.5) is 15.8 Å². The van der Waals surface area contributed by atoms with E-state index in [1.807, 2.05) is 0 Å². The van der Waals surface area contributed by atoms with Gasteiger partial charge in [0.1, 0.15) is 24.2 Å². The van der Waals surface area contributed by atoms with E-state index in [2.05, 4.69) is 5.32 Å². The van der Waals surface area contributed by atoms with Gasteiger partial charge in [0.25, 0.3) is 17.6 Å². The molecule has 1 N–H and O–H groups in total. The Morgan fingerprint density at radius 3 is 2.43 bits per heavy atom. The average Bonchev–Trinajstić information content (AvgIpc) is 3.60. The first-order valence-electron chi connectivity index (χ1n) is 13.7. The van der Waals surface area contributed by atoms with E-state index in [-0.39, 0.29) is 18.9 Å². The summed E-state index contributed by atoms with van der Waals surface area (Å²) in [6.45, 7) is -0.514. The van der Waals surface area contributed by atoms with Gasteiger partial charge in [-0.1, -0.05) is 36.4 Å². The average molecular weight is 596 g/mol. The van der Waals surface area contributed by atoms with Crippen molar-refractivity contribution in [1.29, 1.82) is 0 Å². The van der Waals surface area contributed by atoms with Crippen molar-refractivity contribution in [2.24, 2.45) is 0 Å². The molecule has 0 aliphatic carbocycles. The number of methoxy groups -OCH3 is 1. The fourth-order valence-electron chi connectivity index (χ4n) is 5.19. The van der Waals surface area contributed by atoms with Crippen LogP contribution in [0.5, 0.6) is 17.2 Å². The maximum atomic E-state index is 14.2. The predicted octanol–water partition coefficient (Wildman–Crippen LogP) is 4.50. The lowest BCUT2D eigenvalue weighted by molar-refractivity contribution is -0.139. The summed E-state index contributed by atoms with van der Waals surface area (Å²) >= 11 is 0. The normalized spacial score (nSPS) is 13.8. The molecule has 0 saturated heterocycles. The molecule has 0 aromatic heterocycles. The number of rotatable bonds is 9. The van der Waals surface area contributed by atoms with Crippen LogP contribution in [-0.4, -0.2) is 48.9 Å². The third-order valence-electron chi connectivity index (χ3n) is 7.39. The molecule has 44 heavy (non-hydrogen) atoms. The lowest BCUT2D eigenvalue weighted by Gasteiger charge is -2.33. The number of carbonyl (C=O) groups excluding carboxylic acids is 4. The number of amides is 3. The van der Waals surface area contributed by atoms with Gasteiger partial charge in [-0.15, -0.1) is 0 Å². The molecular weight excluding hydrogens is 569 g/mol. The van der Waals surface area contributed by atoms with Crippen molar-refractivity contribution in [2.45, 2.75) is 12.6 Å². The Kier molecular flexibility index (Phi) is 7.67. The number of ketones is 1. The zero-order chi connectivity index (χ0) is 30.8. The molecule has 0 bridgehead atoms. The van der Waals surface area contributed by atoms with Gasteiger partial charge < -0.3 is 24.4 Å². The number of carbonyl (C=O) groups is 4. The van der Waals surface area contributed by atoms with E-state index < -0.39 is 41.9 Å². The number of benzene rings is 4. The number of Topliss-reactive ketones (excluding diaryl/α,β-unsaturated/α-hetero) is 1. The Balaban J connectivity index is 1.38. The molecule has 6 rings (SSSR count). The number of nitrogens with zero attached hydrogens (tertiary/aromatic N) is 2. The minimum absolute atomic E-state index is 0.0515. The lowest BCUT2D eigenvalue weighted by Crippen LogP contribution is -2.46. The Hall–Kier alpha value is -5.71. The minimum Gasteiger partial charge on any atom is -0.497 e. The Morgan fingerprint density at radius 1 is 0.955 bits per heavy atom. The number of halogens is 1. The van der Waals surface area contributed by atoms with Gasteiger partial charge in [0.15, 0.2) is 11.5 Å². The van der Waals surface area contributed by atoms with E-state index in [0.29, 0.717) is 39.8 Å². The van der Waals surface area contributed by atoms with Crippen molar-refractivity contribution < 1.29 is 37.8 Å². The summed E-state index contributed by atoms with van der Waals surface area (Å²) in [6.07, 6.45) is 0. The van der Waals surface area contributed by atoms with Gasteiger partial charge in [0, 0.05) is 18.3 Å². The van der Waals surface area contributed by atoms with Gasteiger partial charge in [-0.05, 0) is 59.7 Å². The zero-order valence-corrected chi connectivity index (χ0v) is 23.5. The summed E-state index contributed by atoms with van der Waals surface area (Å²) in [5, 5.41) is 2.83. The molecule has 11 heteroatoms. The van der Waals surface area contributed by atoms with Gasteiger partial charge in [-0.2, -0.15) is 0 Å². The van der Waals surface area contributed by atoms with Crippen molar-refractivity contribution in [3.8, 4) is 17.2 Å². The third kappa shape index (κ3) is 5.54. The molecule has 1 unspecified atom stereocenters. The smallest absolute Gasteiger partial charge is 0.299 e. The second-order valence-corrected chi connectivity index (χ2v) is 10.1. The Morgan fingerprint density at radius 2 is 1.68 bits per heavy atom. The summed E-state index contributed by atoms with van der Waals surface area (Å²) in [5.74, 6) is -1.72. The molecule has 1 atom stereocenters. The summed E-state index contributed by atoms with van der Waals surface area (Å²) in [4.78, 5) is 56.2. The highest BCUT2D eigenvalue weighted by atomic mass is 19.1. The first-order chi connectivity index (χ1) is 21.3. The second kappa shape index (κ2) is 11.9. The maximum absolute atomic E-state index is 14.2. The zero-order valence-electron chi connectivity index (χ0n) is 23.5. The number of hydrogen-bond acceptors (Lipinski definition) is 7. The molecule has 0 radical (unpaired) electrons. The Labute approximate surface area is 251 Å². The van der Waals surface area contributed by atoms with Crippen LogP contribution in [0.2, 0.25) is 0 Å². The molecule has 222 valence electrons. The van der Waals surface area contributed by atoms with Crippen LogP contribution < -0.4 is 24.4 Å². The predicted molar refractivity (Wildman–Crippen MR) is 157 cm³/mol. The summed E-state index contributed by atoms with van der Waals surface area (Å²) in [5.41, 5.74) is 1.88. The van der Waals surface area contributed by atoms with Crippen LogP contribution in [0.3, 0.4) is 0 Å². The van der Waals surface area contributed by atoms with Gasteiger partial charge in [-0.25, -0.2) is 4.39 Å². The van der Waals surface area contributed by atoms with Crippen molar-refractivity contribution in [3.05, 3.63) is 114 Å². The topological polar surface area (TPSA) is 114 Å². The van der Waals surface area contributed by atoms with Crippen LogP contribution >= 0.6 is 0 Å². The summed E-state index contributed by atoms with van der Waals surface area (Å²) < 4.78 is 30.0. The highest BCUT2D eigenvalue weighted by Crippen LogP contribution is 2.35. The number of para-hydroxylation sites is 1. The van der Waals surface area contributed by atoms with E-state index in [4.69, 9.17) is 14.2 Å². The summed E-state index contributed by atoms with van der Waals surface area (Å²) in [7, 11) is 1.53. The van der Waals surface area contributed by atoms with E-state index >= 15 is 0 Å². The number of nitrogens with one attached hydrogen (secondary N) is 1. The van der Waals surface area contributed by atoms with Crippen molar-refractivity contribution >= 4 is 34.9 Å². The van der Waals surface area contributed by atoms with Gasteiger partial charge in [0.05, 0.1) is 18.4 Å². The molecule has 4 aromatic carbocycles. The van der Waals surface area contributed by atoms with Crippen molar-refractivity contribution in [2.75, 3.05) is 30.7 Å². The fourth-order valence-corrected chi connectivity index (χ4v) is 5.19. The third-order valence-corrected chi connectivity index (χ3v) is 7.39. The second-order valence-electron chi connectivity index (χ2n) is 10.1. The standard InChI is InChI=1S/C33H26FN3O7/c1-42-24-13-6-20(7-14-24)17-37(29(38)18-36-26-5-3-2-4-25(26)31(39)33(36)41)30(21-8-10-22(34)11-9-21)32(40)35-23-12-15-27-28(16-23)44-19-43-27/h2-16,30H,17-19H2,1H3,(H,35,40). The first kappa shape index (κ1) is 28.4. The SMILES string of the molecule is COc1ccc(CN(C(=O)CN2C(=O)C(=O)c3ccccc32)C(C(=O)Nc2ccc3c(c2)OCO3)c2ccc(F)cc2)cc1. The van der Waals surface area contributed by atoms with E-state index in [0.717, 1.165) is 4.90 Å². The molecule has 0 fully saturated rings. The number of ether oxygens (including phenoxy) is 3. The molecule has 0 spiro atoms. The van der Waals surface area contributed by atoms with E-state index in [1.54, 1.807) is 60.7 Å². The van der Waals surface area contributed by atoms with Crippen LogP contribution in [-0.2, 0) is 20.9 Å². The highest BCUT2D eigenvalue weighted by molar-refractivity contribution is 6.52. The summed E-state index contributed by atoms with van der Waals surface area (Å²) in [6, 6.07) is 22.2. The molecule has 2 heterocycles. The van der Waals surface area contributed by atoms with Gasteiger partial charge in [-0.3, -0.25) is 24.1 Å². The monoisotopic (exact) mass is 595 g/mol. The minimum atomic E-state index is -1.26. The highest BCUT2D eigenvalue weighted by Gasteiger charge is 2.39. The molecule has 2 aliphatic rings. The van der Waals surface area contributed by atoms with E-state index in [1.165, 1.54) is 42.3 Å². The number of anilines is 2. The maximum Gasteiger partial charge on any atom is 0.299 e.